The molecule has 3 aromatic rings. The Balaban J connectivity index is 0.740. The number of primary amides is 1. The van der Waals surface area contributed by atoms with E-state index in [-0.39, 0.29) is 30.6 Å². The Morgan fingerprint density at radius 2 is 1.58 bits per heavy atom. The molecule has 6 aliphatic rings. The number of aromatic nitrogens is 2. The van der Waals surface area contributed by atoms with Gasteiger partial charge in [-0.2, -0.15) is 0 Å². The van der Waals surface area contributed by atoms with Crippen LogP contribution in [0.25, 0.3) is 0 Å². The average Bonchev–Trinajstić information content (AvgIpc) is 3.70. The van der Waals surface area contributed by atoms with Crippen LogP contribution in [0.2, 0.25) is 0 Å². The van der Waals surface area contributed by atoms with Gasteiger partial charge in [0.2, 0.25) is 11.8 Å². The minimum Gasteiger partial charge on any atom is -0.371 e. The van der Waals surface area contributed by atoms with Crippen molar-refractivity contribution in [2.45, 2.75) is 44.2 Å². The highest BCUT2D eigenvalue weighted by molar-refractivity contribution is 6.23. The van der Waals surface area contributed by atoms with Gasteiger partial charge in [-0.15, -0.1) is 0 Å². The molecule has 5 saturated heterocycles. The zero-order chi connectivity index (χ0) is 41.7. The lowest BCUT2D eigenvalue weighted by Gasteiger charge is -2.43. The number of imide groups is 2. The van der Waals surface area contributed by atoms with Crippen LogP contribution >= 0.6 is 0 Å². The Morgan fingerprint density at radius 1 is 0.833 bits per heavy atom. The number of carbonyl (C=O) groups is 6. The summed E-state index contributed by atoms with van der Waals surface area (Å²) in [5.74, 6) is -1.20. The first-order chi connectivity index (χ1) is 29.0. The summed E-state index contributed by atoms with van der Waals surface area (Å²) in [4.78, 5) is 98.5. The monoisotopic (exact) mass is 818 g/mol. The number of piperidine rings is 2. The minimum atomic E-state index is -0.973. The number of urea groups is 1. The number of fused-ring (bicyclic) bond motifs is 1. The standard InChI is InChI=1S/C42H50N12O6/c1-48-15-20-53(42(48)60)30-3-2-13-51(25-30)34-22-44-36(37(43)56)38(46-34)45-27-4-6-28(7-5-27)50-18-16-49(17-19-50)14-12-26-23-52(24-26)29-8-9-31-32(21-29)41(59)54(40(31)58)33-10-11-35(55)47-39(33)57/h4-9,21-22,26,30,33H,2-3,10-20,23-25H2,1H3,(H2,43,56)(H,45,46)(H,47,55,57)/t30-,33?/m1/s1. The number of benzene rings is 2. The molecule has 0 radical (unpaired) electrons. The van der Waals surface area contributed by atoms with Crippen LogP contribution in [0.1, 0.15) is 63.3 Å². The highest BCUT2D eigenvalue weighted by Crippen LogP contribution is 2.34. The van der Waals surface area contributed by atoms with Crippen molar-refractivity contribution in [3.05, 3.63) is 65.5 Å². The van der Waals surface area contributed by atoms with E-state index < -0.39 is 35.6 Å². The van der Waals surface area contributed by atoms with Gasteiger partial charge in [-0.1, -0.05) is 0 Å². The van der Waals surface area contributed by atoms with E-state index in [9.17, 15) is 28.8 Å². The predicted molar refractivity (Wildman–Crippen MR) is 222 cm³/mol. The number of nitrogens with one attached hydrogen (secondary N) is 2. The van der Waals surface area contributed by atoms with Crippen molar-refractivity contribution in [2.75, 3.05) is 99.1 Å². The highest BCUT2D eigenvalue weighted by Gasteiger charge is 2.45. The fraction of sp³-hybridized carbons (Fsp3) is 0.476. The van der Waals surface area contributed by atoms with E-state index >= 15 is 0 Å². The summed E-state index contributed by atoms with van der Waals surface area (Å²) in [5, 5.41) is 5.52. The fourth-order valence-electron chi connectivity index (χ4n) is 9.33. The molecule has 0 spiro atoms. The van der Waals surface area contributed by atoms with Crippen molar-refractivity contribution < 1.29 is 28.8 Å². The molecule has 0 aliphatic carbocycles. The smallest absolute Gasteiger partial charge is 0.320 e. The first kappa shape index (κ1) is 39.2. The number of nitrogens with two attached hydrogens (primary N) is 1. The Morgan fingerprint density at radius 3 is 2.30 bits per heavy atom. The summed E-state index contributed by atoms with van der Waals surface area (Å²) in [7, 11) is 1.83. The second kappa shape index (κ2) is 16.0. The molecular weight excluding hydrogens is 769 g/mol. The van der Waals surface area contributed by atoms with Gasteiger partial charge < -0.3 is 35.6 Å². The SMILES string of the molecule is CN1CCN([C@@H]2CCCN(c3cnc(C(N)=O)c(Nc4ccc(N5CCN(CCC6CN(c7ccc8c(c7)C(=O)N(C7CCC(=O)NC7=O)C8=O)C6)CC5)cc4)n3)C2)C1=O. The molecule has 2 atom stereocenters. The molecule has 7 heterocycles. The van der Waals surface area contributed by atoms with Crippen LogP contribution in [-0.2, 0) is 9.59 Å². The van der Waals surface area contributed by atoms with Crippen LogP contribution in [0.4, 0.5) is 33.5 Å². The number of anilines is 5. The average molecular weight is 819 g/mol. The van der Waals surface area contributed by atoms with Crippen molar-refractivity contribution in [3.63, 3.8) is 0 Å². The van der Waals surface area contributed by atoms with Crippen molar-refractivity contribution in [2.24, 2.45) is 11.7 Å². The van der Waals surface area contributed by atoms with Crippen molar-refractivity contribution in [1.82, 2.24) is 34.9 Å². The third kappa shape index (κ3) is 7.55. The largest absolute Gasteiger partial charge is 0.371 e. The molecule has 18 nitrogen and oxygen atoms in total. The molecule has 18 heteroatoms. The van der Waals surface area contributed by atoms with Gasteiger partial charge in [-0.3, -0.25) is 39.1 Å². The van der Waals surface area contributed by atoms with Gasteiger partial charge in [0.15, 0.2) is 11.5 Å². The molecule has 1 aromatic heterocycles. The number of carbonyl (C=O) groups excluding carboxylic acids is 6. The number of piperazine rings is 1. The van der Waals surface area contributed by atoms with E-state index in [0.29, 0.717) is 41.8 Å². The number of nitrogens with zero attached hydrogens (tertiary/aromatic N) is 9. The molecule has 6 aliphatic heterocycles. The number of hydrogen-bond acceptors (Lipinski definition) is 13. The zero-order valence-electron chi connectivity index (χ0n) is 33.7. The number of amides is 7. The molecular formula is C42H50N12O6. The maximum absolute atomic E-state index is 13.3. The van der Waals surface area contributed by atoms with Crippen LogP contribution in [-0.4, -0.2) is 156 Å². The van der Waals surface area contributed by atoms with Crippen molar-refractivity contribution in [3.8, 4) is 0 Å². The summed E-state index contributed by atoms with van der Waals surface area (Å²) in [6.07, 6.45) is 4.72. The molecule has 9 rings (SSSR count). The molecule has 2 aromatic carbocycles. The van der Waals surface area contributed by atoms with E-state index in [1.54, 1.807) is 23.2 Å². The van der Waals surface area contributed by atoms with E-state index in [1.165, 1.54) is 0 Å². The van der Waals surface area contributed by atoms with Gasteiger partial charge in [0.1, 0.15) is 11.9 Å². The lowest BCUT2D eigenvalue weighted by Crippen LogP contribution is -2.54. The Labute approximate surface area is 347 Å². The van der Waals surface area contributed by atoms with Gasteiger partial charge in [-0.25, -0.2) is 14.8 Å². The zero-order valence-corrected chi connectivity index (χ0v) is 33.7. The van der Waals surface area contributed by atoms with Crippen LogP contribution in [0.5, 0.6) is 0 Å². The summed E-state index contributed by atoms with van der Waals surface area (Å²) >= 11 is 0. The summed E-state index contributed by atoms with van der Waals surface area (Å²) < 4.78 is 0. The molecule has 0 saturated carbocycles. The van der Waals surface area contributed by atoms with Gasteiger partial charge in [-0.05, 0) is 80.6 Å². The molecule has 5 fully saturated rings. The molecule has 1 unspecified atom stereocenters. The lowest BCUT2D eigenvalue weighted by atomic mass is 9.94. The van der Waals surface area contributed by atoms with Gasteiger partial charge in [0.05, 0.1) is 23.4 Å². The summed E-state index contributed by atoms with van der Waals surface area (Å²) in [6, 6.07) is 12.5. The van der Waals surface area contributed by atoms with Crippen molar-refractivity contribution in [1.29, 1.82) is 0 Å². The minimum absolute atomic E-state index is 0.0582. The molecule has 4 N–H and O–H groups in total. The number of hydrogen-bond donors (Lipinski definition) is 3. The van der Waals surface area contributed by atoms with Crippen LogP contribution in [0.3, 0.4) is 0 Å². The number of rotatable bonds is 11. The predicted octanol–water partition coefficient (Wildman–Crippen LogP) is 1.71. The van der Waals surface area contributed by atoms with E-state index in [4.69, 9.17) is 10.7 Å². The molecule has 60 heavy (non-hydrogen) atoms. The van der Waals surface area contributed by atoms with Crippen LogP contribution < -0.4 is 31.1 Å². The van der Waals surface area contributed by atoms with Crippen molar-refractivity contribution >= 4 is 64.3 Å². The number of likely N-dealkylation sites (N-methyl/N-ethyl adjacent to an activating group) is 1. The quantitative estimate of drug-likeness (QED) is 0.237. The first-order valence-corrected chi connectivity index (χ1v) is 20.9. The fourth-order valence-corrected chi connectivity index (χ4v) is 9.33. The van der Waals surface area contributed by atoms with E-state index in [1.807, 2.05) is 30.1 Å². The summed E-state index contributed by atoms with van der Waals surface area (Å²) in [6.45, 7) is 9.30. The second-order valence-electron chi connectivity index (χ2n) is 16.7. The van der Waals surface area contributed by atoms with Gasteiger partial charge in [0, 0.05) is 96.0 Å². The van der Waals surface area contributed by atoms with Crippen LogP contribution in [0.15, 0.2) is 48.7 Å². The van der Waals surface area contributed by atoms with E-state index in [0.717, 1.165) is 100 Å². The molecule has 314 valence electrons. The first-order valence-electron chi connectivity index (χ1n) is 20.9. The van der Waals surface area contributed by atoms with Crippen LogP contribution in [0, 0.1) is 5.92 Å². The Hall–Kier alpha value is -6.30. The second-order valence-corrected chi connectivity index (χ2v) is 16.7. The maximum atomic E-state index is 13.3. The summed E-state index contributed by atoms with van der Waals surface area (Å²) in [5.41, 5.74) is 9.13. The lowest BCUT2D eigenvalue weighted by molar-refractivity contribution is -0.136. The maximum Gasteiger partial charge on any atom is 0.320 e. The van der Waals surface area contributed by atoms with Gasteiger partial charge in [0.25, 0.3) is 17.7 Å². The van der Waals surface area contributed by atoms with Gasteiger partial charge >= 0.3 is 6.03 Å². The third-order valence-corrected chi connectivity index (χ3v) is 12.9. The Bertz CT molecular complexity index is 2220. The van der Waals surface area contributed by atoms with E-state index in [2.05, 4.69) is 47.3 Å². The molecule has 7 amide bonds. The Kier molecular flexibility index (Phi) is 10.5. The highest BCUT2D eigenvalue weighted by atomic mass is 16.2. The molecule has 0 bridgehead atoms. The third-order valence-electron chi connectivity index (χ3n) is 12.9. The normalized spacial score (nSPS) is 22.7. The topological polar surface area (TPSA) is 201 Å².